The second kappa shape index (κ2) is 3.89. The third kappa shape index (κ3) is 1.68. The number of nitrogens with zero attached hydrogens (tertiary/aromatic N) is 3. The summed E-state index contributed by atoms with van der Waals surface area (Å²) in [4.78, 5) is 0. The number of nitriles is 1. The summed E-state index contributed by atoms with van der Waals surface area (Å²) in [6.45, 7) is 0. The van der Waals surface area contributed by atoms with Gasteiger partial charge in [-0.2, -0.15) is 10.4 Å². The molecule has 52 valence electrons. The van der Waals surface area contributed by atoms with Gasteiger partial charge in [0.1, 0.15) is 0 Å². The van der Waals surface area contributed by atoms with Crippen LogP contribution in [-0.2, 0) is 6.42 Å². The van der Waals surface area contributed by atoms with Gasteiger partial charge in [-0.05, 0) is 28.1 Å². The molecule has 0 bridgehead atoms. The van der Waals surface area contributed by atoms with E-state index in [0.717, 1.165) is 5.69 Å². The van der Waals surface area contributed by atoms with Crippen molar-refractivity contribution in [2.75, 3.05) is 0 Å². The van der Waals surface area contributed by atoms with E-state index in [2.05, 4.69) is 33.2 Å². The summed E-state index contributed by atoms with van der Waals surface area (Å²) in [7, 11) is 0. The first-order valence-electron chi connectivity index (χ1n) is 2.65. The largest absolute Gasteiger partial charge is 0.241 e. The number of hydrogen-bond donors (Lipinski definition) is 0. The third-order valence-corrected chi connectivity index (χ3v) is 3.00. The Hall–Kier alpha value is -0.140. The lowest BCUT2D eigenvalue weighted by atomic mass is 10.3. The topological polar surface area (TPSA) is 41.6 Å². The van der Waals surface area contributed by atoms with Gasteiger partial charge in [0.05, 0.1) is 24.6 Å². The van der Waals surface area contributed by atoms with Gasteiger partial charge in [-0.3, -0.25) is 0 Å². The standard InChI is InChI=1S/C5H5IN3P/c6-10-9-5(1-3-7)2-4-8-9/h2,4,10H,1H2. The zero-order chi connectivity index (χ0) is 7.40. The van der Waals surface area contributed by atoms with Crippen molar-refractivity contribution in [1.29, 1.82) is 5.26 Å². The minimum atomic E-state index is 0.454. The van der Waals surface area contributed by atoms with E-state index in [4.69, 9.17) is 5.26 Å². The first-order valence-corrected chi connectivity index (χ1v) is 6.71. The van der Waals surface area contributed by atoms with Gasteiger partial charge in [0.15, 0.2) is 0 Å². The Morgan fingerprint density at radius 1 is 1.90 bits per heavy atom. The van der Waals surface area contributed by atoms with Crippen LogP contribution >= 0.6 is 28.4 Å². The summed E-state index contributed by atoms with van der Waals surface area (Å²) in [5.74, 6) is 0. The number of hydrogen-bond acceptors (Lipinski definition) is 2. The molecule has 1 aromatic rings. The van der Waals surface area contributed by atoms with Crippen molar-refractivity contribution < 1.29 is 0 Å². The van der Waals surface area contributed by atoms with Crippen LogP contribution in [0.15, 0.2) is 12.3 Å². The second-order valence-electron chi connectivity index (χ2n) is 1.65. The first-order chi connectivity index (χ1) is 4.88. The van der Waals surface area contributed by atoms with Crippen LogP contribution in [0.1, 0.15) is 5.69 Å². The zero-order valence-corrected chi connectivity index (χ0v) is 8.24. The predicted molar refractivity (Wildman–Crippen MR) is 49.3 cm³/mol. The lowest BCUT2D eigenvalue weighted by Gasteiger charge is -1.96. The summed E-state index contributed by atoms with van der Waals surface area (Å²) in [6, 6.07) is 3.96. The van der Waals surface area contributed by atoms with Gasteiger partial charge in [-0.25, -0.2) is 4.45 Å². The summed E-state index contributed by atoms with van der Waals surface area (Å²) in [5.41, 5.74) is 0.996. The molecule has 5 heteroatoms. The Morgan fingerprint density at radius 2 is 2.70 bits per heavy atom. The maximum absolute atomic E-state index is 8.37. The van der Waals surface area contributed by atoms with Gasteiger partial charge >= 0.3 is 0 Å². The van der Waals surface area contributed by atoms with E-state index < -0.39 is 0 Å². The molecule has 0 aliphatic rings. The predicted octanol–water partition coefficient (Wildman–Crippen LogP) is 1.74. The van der Waals surface area contributed by atoms with Gasteiger partial charge in [-0.15, -0.1) is 0 Å². The molecule has 1 unspecified atom stereocenters. The first kappa shape index (κ1) is 7.96. The van der Waals surface area contributed by atoms with Crippen LogP contribution in [0.5, 0.6) is 0 Å². The van der Waals surface area contributed by atoms with E-state index >= 15 is 0 Å². The monoisotopic (exact) mass is 265 g/mol. The van der Waals surface area contributed by atoms with E-state index in [9.17, 15) is 0 Å². The molecule has 0 fully saturated rings. The highest BCUT2D eigenvalue weighted by Gasteiger charge is 1.97. The average molecular weight is 265 g/mol. The summed E-state index contributed by atoms with van der Waals surface area (Å²) >= 11 is 2.23. The van der Waals surface area contributed by atoms with E-state index in [1.165, 1.54) is 0 Å². The normalized spacial score (nSPS) is 10.4. The lowest BCUT2D eigenvalue weighted by molar-refractivity contribution is 0.944. The lowest BCUT2D eigenvalue weighted by Crippen LogP contribution is -1.90. The van der Waals surface area contributed by atoms with Crippen molar-refractivity contribution in [3.8, 4) is 6.07 Å². The molecule has 0 aliphatic heterocycles. The molecule has 0 N–H and O–H groups in total. The minimum Gasteiger partial charge on any atom is -0.241 e. The fraction of sp³-hybridized carbons (Fsp3) is 0.200. The van der Waals surface area contributed by atoms with Crippen LogP contribution in [0.3, 0.4) is 0 Å². The van der Waals surface area contributed by atoms with Gasteiger partial charge in [0.25, 0.3) is 0 Å². The molecule has 3 nitrogen and oxygen atoms in total. The van der Waals surface area contributed by atoms with Crippen LogP contribution in [0.25, 0.3) is 0 Å². The molecule has 0 aliphatic carbocycles. The Kier molecular flexibility index (Phi) is 3.10. The quantitative estimate of drug-likeness (QED) is 0.603. The van der Waals surface area contributed by atoms with Crippen molar-refractivity contribution in [2.45, 2.75) is 6.42 Å². The second-order valence-corrected chi connectivity index (χ2v) is 3.69. The molecule has 0 aromatic carbocycles. The number of aromatic nitrogens is 2. The fourth-order valence-electron chi connectivity index (χ4n) is 0.622. The molecule has 0 saturated heterocycles. The molecule has 1 rings (SSSR count). The van der Waals surface area contributed by atoms with Crippen LogP contribution in [0.2, 0.25) is 0 Å². The smallest absolute Gasteiger partial charge is 0.0775 e. The molecule has 1 atom stereocenters. The molecule has 1 aromatic heterocycles. The van der Waals surface area contributed by atoms with Crippen LogP contribution in [-0.4, -0.2) is 9.55 Å². The molecule has 0 spiro atoms. The van der Waals surface area contributed by atoms with Gasteiger partial charge in [-0.1, -0.05) is 0 Å². The Bertz CT molecular complexity index is 252. The zero-order valence-electron chi connectivity index (χ0n) is 5.08. The van der Waals surface area contributed by atoms with Crippen LogP contribution in [0, 0.1) is 11.3 Å². The Balaban J connectivity index is 2.82. The van der Waals surface area contributed by atoms with Crippen molar-refractivity contribution in [3.63, 3.8) is 0 Å². The molecular formula is C5H5IN3P. The summed E-state index contributed by atoms with van der Waals surface area (Å²) in [5, 5.41) is 12.4. The highest BCUT2D eigenvalue weighted by Crippen LogP contribution is 2.24. The van der Waals surface area contributed by atoms with Crippen molar-refractivity contribution in [1.82, 2.24) is 9.55 Å². The van der Waals surface area contributed by atoms with E-state index in [1.807, 2.05) is 10.5 Å². The van der Waals surface area contributed by atoms with Crippen LogP contribution in [0.4, 0.5) is 0 Å². The van der Waals surface area contributed by atoms with Gasteiger partial charge in [0.2, 0.25) is 0 Å². The number of rotatable bonds is 2. The SMILES string of the molecule is N#CCc1ccnn1PI. The van der Waals surface area contributed by atoms with Crippen LogP contribution < -0.4 is 0 Å². The maximum atomic E-state index is 8.37. The average Bonchev–Trinajstić information content (AvgIpc) is 2.36. The Labute approximate surface area is 73.7 Å². The van der Waals surface area contributed by atoms with E-state index in [-0.39, 0.29) is 0 Å². The molecular weight excluding hydrogens is 260 g/mol. The molecule has 0 saturated carbocycles. The Morgan fingerprint density at radius 3 is 3.30 bits per heavy atom. The molecule has 0 amide bonds. The van der Waals surface area contributed by atoms with Gasteiger partial charge < -0.3 is 0 Å². The van der Waals surface area contributed by atoms with E-state index in [1.54, 1.807) is 6.20 Å². The van der Waals surface area contributed by atoms with Gasteiger partial charge in [0, 0.05) is 6.20 Å². The third-order valence-electron chi connectivity index (χ3n) is 1.06. The number of halogens is 1. The molecule has 1 heterocycles. The highest BCUT2D eigenvalue weighted by molar-refractivity contribution is 14.2. The maximum Gasteiger partial charge on any atom is 0.0775 e. The molecule has 10 heavy (non-hydrogen) atoms. The summed E-state index contributed by atoms with van der Waals surface area (Å²) < 4.78 is 1.84. The van der Waals surface area contributed by atoms with Crippen molar-refractivity contribution in [2.24, 2.45) is 0 Å². The van der Waals surface area contributed by atoms with E-state index in [0.29, 0.717) is 12.8 Å². The fourth-order valence-corrected chi connectivity index (χ4v) is 2.30. The molecule has 0 radical (unpaired) electrons. The summed E-state index contributed by atoms with van der Waals surface area (Å²) in [6.07, 6.45) is 2.76. The highest BCUT2D eigenvalue weighted by atomic mass is 127. The minimum absolute atomic E-state index is 0.454. The van der Waals surface area contributed by atoms with Crippen molar-refractivity contribution >= 4 is 28.4 Å². The van der Waals surface area contributed by atoms with Crippen molar-refractivity contribution in [3.05, 3.63) is 18.0 Å².